The van der Waals surface area contributed by atoms with Gasteiger partial charge in [-0.25, -0.2) is 4.79 Å². The highest BCUT2D eigenvalue weighted by molar-refractivity contribution is 5.95. The molecule has 0 saturated heterocycles. The number of esters is 1. The third-order valence-electron chi connectivity index (χ3n) is 3.90. The number of hydrogen-bond donors (Lipinski definition) is 1. The van der Waals surface area contributed by atoms with Gasteiger partial charge >= 0.3 is 5.97 Å². The Kier molecular flexibility index (Phi) is 7.05. The second kappa shape index (κ2) is 9.47. The van der Waals surface area contributed by atoms with E-state index < -0.39 is 23.4 Å². The average Bonchev–Trinajstić information content (AvgIpc) is 2.66. The Hall–Kier alpha value is -3.22. The molecule has 142 valence electrons. The molecule has 0 aliphatic rings. The second-order valence-electron chi connectivity index (χ2n) is 6.51. The van der Waals surface area contributed by atoms with Crippen LogP contribution >= 0.6 is 0 Å². The molecule has 1 amide bonds. The highest BCUT2D eigenvalue weighted by Crippen LogP contribution is 2.21. The van der Waals surface area contributed by atoms with E-state index in [-0.39, 0.29) is 17.3 Å². The summed E-state index contributed by atoms with van der Waals surface area (Å²) in [7, 11) is 0. The molecule has 0 spiro atoms. The van der Waals surface area contributed by atoms with Gasteiger partial charge in [-0.1, -0.05) is 56.3 Å². The van der Waals surface area contributed by atoms with Gasteiger partial charge in [0.25, 0.3) is 11.6 Å². The molecule has 2 rings (SSSR count). The number of benzene rings is 2. The molecule has 1 N–H and O–H groups in total. The standard InChI is InChI=1S/C20H22N2O5/c1-14(2)12-17(15-8-4-3-5-9-15)21-19(23)13-27-20(24)16-10-6-7-11-18(16)22(25)26/h3-11,14,17H,12-13H2,1-2H3,(H,21,23)/t17-/m0/s1. The van der Waals surface area contributed by atoms with Gasteiger partial charge < -0.3 is 10.1 Å². The van der Waals surface area contributed by atoms with Gasteiger partial charge in [-0.3, -0.25) is 14.9 Å². The van der Waals surface area contributed by atoms with Crippen LogP contribution in [0.5, 0.6) is 0 Å². The minimum absolute atomic E-state index is 0.183. The normalized spacial score (nSPS) is 11.7. The van der Waals surface area contributed by atoms with Crippen LogP contribution in [0.2, 0.25) is 0 Å². The van der Waals surface area contributed by atoms with Gasteiger partial charge in [0.05, 0.1) is 11.0 Å². The highest BCUT2D eigenvalue weighted by atomic mass is 16.6. The maximum atomic E-state index is 12.2. The van der Waals surface area contributed by atoms with Crippen LogP contribution < -0.4 is 5.32 Å². The van der Waals surface area contributed by atoms with Crippen LogP contribution in [0.3, 0.4) is 0 Å². The third kappa shape index (κ3) is 5.91. The highest BCUT2D eigenvalue weighted by Gasteiger charge is 2.22. The van der Waals surface area contributed by atoms with Crippen LogP contribution in [0.4, 0.5) is 5.69 Å². The fourth-order valence-electron chi connectivity index (χ4n) is 2.69. The predicted molar refractivity (Wildman–Crippen MR) is 100 cm³/mol. The molecule has 0 radical (unpaired) electrons. The van der Waals surface area contributed by atoms with Crippen molar-refractivity contribution >= 4 is 17.6 Å². The van der Waals surface area contributed by atoms with Crippen molar-refractivity contribution in [2.24, 2.45) is 5.92 Å². The van der Waals surface area contributed by atoms with E-state index in [2.05, 4.69) is 19.2 Å². The summed E-state index contributed by atoms with van der Waals surface area (Å²) in [6, 6.07) is 14.8. The fourth-order valence-corrected chi connectivity index (χ4v) is 2.69. The zero-order valence-electron chi connectivity index (χ0n) is 15.3. The molecule has 0 fully saturated rings. The first kappa shape index (κ1) is 20.1. The number of nitrogens with one attached hydrogen (secondary N) is 1. The second-order valence-corrected chi connectivity index (χ2v) is 6.51. The molecule has 2 aromatic carbocycles. The summed E-state index contributed by atoms with van der Waals surface area (Å²) in [6.07, 6.45) is 0.730. The first-order chi connectivity index (χ1) is 12.9. The van der Waals surface area contributed by atoms with Crippen LogP contribution in [0.1, 0.15) is 42.2 Å². The summed E-state index contributed by atoms with van der Waals surface area (Å²) in [5, 5.41) is 13.8. The summed E-state index contributed by atoms with van der Waals surface area (Å²) >= 11 is 0. The molecule has 2 aromatic rings. The van der Waals surface area contributed by atoms with Crippen LogP contribution in [0, 0.1) is 16.0 Å². The van der Waals surface area contributed by atoms with Crippen LogP contribution in [-0.4, -0.2) is 23.4 Å². The van der Waals surface area contributed by atoms with Gasteiger partial charge in [0.15, 0.2) is 6.61 Å². The Balaban J connectivity index is 2.00. The summed E-state index contributed by atoms with van der Waals surface area (Å²) < 4.78 is 4.97. The van der Waals surface area contributed by atoms with Crippen LogP contribution in [0.15, 0.2) is 54.6 Å². The maximum absolute atomic E-state index is 12.2. The van der Waals surface area contributed by atoms with E-state index in [1.54, 1.807) is 0 Å². The summed E-state index contributed by atoms with van der Waals surface area (Å²) in [5.74, 6) is -1.01. The van der Waals surface area contributed by atoms with Gasteiger partial charge in [-0.05, 0) is 24.0 Å². The van der Waals surface area contributed by atoms with Crippen molar-refractivity contribution in [3.8, 4) is 0 Å². The lowest BCUT2D eigenvalue weighted by Crippen LogP contribution is -2.33. The number of carbonyl (C=O) groups is 2. The summed E-state index contributed by atoms with van der Waals surface area (Å²) in [5.41, 5.74) is 0.423. The SMILES string of the molecule is CC(C)C[C@H](NC(=O)COC(=O)c1ccccc1[N+](=O)[O-])c1ccccc1. The molecule has 0 unspecified atom stereocenters. The number of amides is 1. The molecule has 0 heterocycles. The van der Waals surface area contributed by atoms with Gasteiger partial charge in [0.2, 0.25) is 0 Å². The largest absolute Gasteiger partial charge is 0.452 e. The number of nitro benzene ring substituents is 1. The monoisotopic (exact) mass is 370 g/mol. The van der Waals surface area contributed by atoms with Gasteiger partial charge in [-0.2, -0.15) is 0 Å². The molecule has 0 bridgehead atoms. The zero-order chi connectivity index (χ0) is 19.8. The number of rotatable bonds is 8. The molecule has 0 aliphatic carbocycles. The Morgan fingerprint density at radius 3 is 2.33 bits per heavy atom. The van der Waals surface area contributed by atoms with Crippen molar-refractivity contribution in [1.29, 1.82) is 0 Å². The van der Waals surface area contributed by atoms with Crippen molar-refractivity contribution in [1.82, 2.24) is 5.32 Å². The van der Waals surface area contributed by atoms with Crippen molar-refractivity contribution in [3.05, 3.63) is 75.8 Å². The summed E-state index contributed by atoms with van der Waals surface area (Å²) in [4.78, 5) is 34.7. The van der Waals surface area contributed by atoms with Crippen LogP contribution in [0.25, 0.3) is 0 Å². The maximum Gasteiger partial charge on any atom is 0.345 e. The lowest BCUT2D eigenvalue weighted by Gasteiger charge is -2.21. The van der Waals surface area contributed by atoms with Crippen LogP contribution in [-0.2, 0) is 9.53 Å². The van der Waals surface area contributed by atoms with E-state index in [9.17, 15) is 19.7 Å². The molecule has 0 saturated carbocycles. The number of para-hydroxylation sites is 1. The Morgan fingerprint density at radius 2 is 1.70 bits per heavy atom. The number of nitro groups is 1. The predicted octanol–water partition coefficient (Wildman–Crippen LogP) is 3.66. The molecule has 0 aromatic heterocycles. The van der Waals surface area contributed by atoms with E-state index in [0.29, 0.717) is 5.92 Å². The lowest BCUT2D eigenvalue weighted by atomic mass is 9.97. The first-order valence-electron chi connectivity index (χ1n) is 8.63. The smallest absolute Gasteiger partial charge is 0.345 e. The topological polar surface area (TPSA) is 98.5 Å². The minimum atomic E-state index is -0.905. The van der Waals surface area contributed by atoms with Crippen molar-refractivity contribution in [2.45, 2.75) is 26.3 Å². The number of hydrogen-bond acceptors (Lipinski definition) is 5. The van der Waals surface area contributed by atoms with Crippen molar-refractivity contribution < 1.29 is 19.2 Å². The third-order valence-corrected chi connectivity index (χ3v) is 3.90. The molecule has 0 aliphatic heterocycles. The molecule has 7 heteroatoms. The molecule has 1 atom stereocenters. The lowest BCUT2D eigenvalue weighted by molar-refractivity contribution is -0.385. The van der Waals surface area contributed by atoms with E-state index in [1.165, 1.54) is 24.3 Å². The number of ether oxygens (including phenoxy) is 1. The quantitative estimate of drug-likeness (QED) is 0.434. The Labute approximate surface area is 157 Å². The van der Waals surface area contributed by atoms with E-state index in [0.717, 1.165) is 12.0 Å². The van der Waals surface area contributed by atoms with Gasteiger partial charge in [0.1, 0.15) is 5.56 Å². The fraction of sp³-hybridized carbons (Fsp3) is 0.300. The minimum Gasteiger partial charge on any atom is -0.452 e. The van der Waals surface area contributed by atoms with Crippen molar-refractivity contribution in [3.63, 3.8) is 0 Å². The molecule has 7 nitrogen and oxygen atoms in total. The van der Waals surface area contributed by atoms with E-state index in [1.807, 2.05) is 30.3 Å². The number of carbonyl (C=O) groups excluding carboxylic acids is 2. The van der Waals surface area contributed by atoms with E-state index in [4.69, 9.17) is 4.74 Å². The van der Waals surface area contributed by atoms with Gasteiger partial charge in [0, 0.05) is 6.07 Å². The Bertz CT molecular complexity index is 805. The van der Waals surface area contributed by atoms with Crippen molar-refractivity contribution in [2.75, 3.05) is 6.61 Å². The Morgan fingerprint density at radius 1 is 1.07 bits per heavy atom. The average molecular weight is 370 g/mol. The molecular formula is C20H22N2O5. The molecule has 27 heavy (non-hydrogen) atoms. The number of nitrogens with zero attached hydrogens (tertiary/aromatic N) is 1. The first-order valence-corrected chi connectivity index (χ1v) is 8.63. The summed E-state index contributed by atoms with van der Waals surface area (Å²) in [6.45, 7) is 3.60. The van der Waals surface area contributed by atoms with E-state index >= 15 is 0 Å². The zero-order valence-corrected chi connectivity index (χ0v) is 15.3. The molecular weight excluding hydrogens is 348 g/mol. The van der Waals surface area contributed by atoms with Gasteiger partial charge in [-0.15, -0.1) is 0 Å².